The highest BCUT2D eigenvalue weighted by Crippen LogP contribution is 2.19. The zero-order valence-corrected chi connectivity index (χ0v) is 8.25. The Hall–Kier alpha value is -1.02. The molecule has 1 aliphatic heterocycles. The minimum atomic E-state index is -0.0618. The molecule has 13 heavy (non-hydrogen) atoms. The van der Waals surface area contributed by atoms with Crippen LogP contribution in [-0.2, 0) is 9.47 Å². The molecule has 0 aliphatic carbocycles. The van der Waals surface area contributed by atoms with Crippen LogP contribution in [0.1, 0.15) is 20.3 Å². The summed E-state index contributed by atoms with van der Waals surface area (Å²) in [6.07, 6.45) is 6.60. The normalized spacial score (nSPS) is 23.7. The molecule has 0 amide bonds. The van der Waals surface area contributed by atoms with E-state index in [1.54, 1.807) is 6.08 Å². The van der Waals surface area contributed by atoms with E-state index in [1.165, 1.54) is 0 Å². The van der Waals surface area contributed by atoms with Gasteiger partial charge in [-0.1, -0.05) is 18.7 Å². The lowest BCUT2D eigenvalue weighted by atomic mass is 10.2. The lowest BCUT2D eigenvalue weighted by molar-refractivity contribution is -0.192. The molecule has 0 bridgehead atoms. The van der Waals surface area contributed by atoms with Crippen LogP contribution in [0.15, 0.2) is 36.1 Å². The predicted molar refractivity (Wildman–Crippen MR) is 53.2 cm³/mol. The molecule has 0 spiro atoms. The fourth-order valence-electron chi connectivity index (χ4n) is 1.08. The number of hydrogen-bond donors (Lipinski definition) is 0. The van der Waals surface area contributed by atoms with E-state index in [0.717, 1.165) is 24.4 Å². The summed E-state index contributed by atoms with van der Waals surface area (Å²) in [6, 6.07) is 0. The standard InChI is InChI=1S/C11H16O2/c1-4-6-9(3)10(5-2)13-11-7-8-12-11/h4-6,11H,2,7-8H2,1,3H3. The molecule has 0 aromatic rings. The van der Waals surface area contributed by atoms with Crippen LogP contribution < -0.4 is 0 Å². The van der Waals surface area contributed by atoms with Crippen LogP contribution in [0.25, 0.3) is 0 Å². The lowest BCUT2D eigenvalue weighted by Crippen LogP contribution is -2.29. The molecule has 1 aliphatic rings. The first kappa shape index (κ1) is 10.1. The fraction of sp³-hybridized carbons (Fsp3) is 0.455. The summed E-state index contributed by atoms with van der Waals surface area (Å²) >= 11 is 0. The first-order valence-corrected chi connectivity index (χ1v) is 4.52. The van der Waals surface area contributed by atoms with Gasteiger partial charge in [-0.3, -0.25) is 0 Å². The zero-order chi connectivity index (χ0) is 9.68. The molecule has 72 valence electrons. The summed E-state index contributed by atoms with van der Waals surface area (Å²) in [5.41, 5.74) is 1.08. The minimum Gasteiger partial charge on any atom is -0.465 e. The van der Waals surface area contributed by atoms with Gasteiger partial charge < -0.3 is 9.47 Å². The average Bonchev–Trinajstić information content (AvgIpc) is 2.03. The van der Waals surface area contributed by atoms with Gasteiger partial charge in [0, 0.05) is 6.42 Å². The topological polar surface area (TPSA) is 18.5 Å². The van der Waals surface area contributed by atoms with E-state index in [0.29, 0.717) is 0 Å². The van der Waals surface area contributed by atoms with Crippen LogP contribution in [0.5, 0.6) is 0 Å². The van der Waals surface area contributed by atoms with Crippen LogP contribution in [-0.4, -0.2) is 12.9 Å². The Labute approximate surface area is 79.5 Å². The van der Waals surface area contributed by atoms with Crippen molar-refractivity contribution in [2.45, 2.75) is 26.6 Å². The zero-order valence-electron chi connectivity index (χ0n) is 8.25. The SMILES string of the molecule is C=CC(OC1CCO1)=C(C)C=CC. The van der Waals surface area contributed by atoms with Gasteiger partial charge in [-0.25, -0.2) is 0 Å². The molecule has 0 aromatic heterocycles. The molecule has 2 heteroatoms. The second-order valence-electron chi connectivity index (χ2n) is 2.96. The second kappa shape index (κ2) is 4.87. The molecular formula is C11H16O2. The summed E-state index contributed by atoms with van der Waals surface area (Å²) in [4.78, 5) is 0. The molecule has 1 fully saturated rings. The Bertz CT molecular complexity index is 234. The summed E-state index contributed by atoms with van der Waals surface area (Å²) in [5.74, 6) is 0.808. The Morgan fingerprint density at radius 1 is 1.62 bits per heavy atom. The van der Waals surface area contributed by atoms with Crippen molar-refractivity contribution in [1.29, 1.82) is 0 Å². The van der Waals surface area contributed by atoms with Gasteiger partial charge >= 0.3 is 0 Å². The van der Waals surface area contributed by atoms with Gasteiger partial charge in [-0.15, -0.1) is 0 Å². The van der Waals surface area contributed by atoms with E-state index in [1.807, 2.05) is 26.0 Å². The van der Waals surface area contributed by atoms with Crippen molar-refractivity contribution < 1.29 is 9.47 Å². The highest BCUT2D eigenvalue weighted by Gasteiger charge is 2.20. The van der Waals surface area contributed by atoms with E-state index in [-0.39, 0.29) is 6.29 Å². The first-order valence-electron chi connectivity index (χ1n) is 4.52. The summed E-state index contributed by atoms with van der Waals surface area (Å²) in [7, 11) is 0. The molecule has 0 N–H and O–H groups in total. The Morgan fingerprint density at radius 2 is 2.31 bits per heavy atom. The predicted octanol–water partition coefficient (Wildman–Crippen LogP) is 2.79. The Morgan fingerprint density at radius 3 is 2.69 bits per heavy atom. The van der Waals surface area contributed by atoms with Gasteiger partial charge in [0.2, 0.25) is 6.29 Å². The molecule has 1 rings (SSSR count). The summed E-state index contributed by atoms with van der Waals surface area (Å²) < 4.78 is 10.7. The Balaban J connectivity index is 2.58. The minimum absolute atomic E-state index is 0.0618. The van der Waals surface area contributed by atoms with Crippen LogP contribution in [0.2, 0.25) is 0 Å². The first-order chi connectivity index (χ1) is 6.27. The van der Waals surface area contributed by atoms with Gasteiger partial charge in [-0.2, -0.15) is 0 Å². The van der Waals surface area contributed by atoms with Crippen molar-refractivity contribution in [1.82, 2.24) is 0 Å². The summed E-state index contributed by atoms with van der Waals surface area (Å²) in [6.45, 7) is 8.48. The van der Waals surface area contributed by atoms with Crippen molar-refractivity contribution in [2.24, 2.45) is 0 Å². The smallest absolute Gasteiger partial charge is 0.202 e. The van der Waals surface area contributed by atoms with Gasteiger partial charge in [0.1, 0.15) is 5.76 Å². The van der Waals surface area contributed by atoms with Crippen molar-refractivity contribution in [3.8, 4) is 0 Å². The molecule has 1 saturated heterocycles. The highest BCUT2D eigenvalue weighted by molar-refractivity contribution is 5.26. The van der Waals surface area contributed by atoms with Gasteiger partial charge in [0.25, 0.3) is 0 Å². The highest BCUT2D eigenvalue weighted by atomic mass is 16.7. The average molecular weight is 180 g/mol. The third-order valence-corrected chi connectivity index (χ3v) is 1.91. The fourth-order valence-corrected chi connectivity index (χ4v) is 1.08. The van der Waals surface area contributed by atoms with Crippen molar-refractivity contribution in [2.75, 3.05) is 6.61 Å². The number of rotatable bonds is 4. The molecular weight excluding hydrogens is 164 g/mol. The second-order valence-corrected chi connectivity index (χ2v) is 2.96. The number of ether oxygens (including phenoxy) is 2. The Kier molecular flexibility index (Phi) is 3.77. The quantitative estimate of drug-likeness (QED) is 0.489. The van der Waals surface area contributed by atoms with E-state index in [4.69, 9.17) is 9.47 Å². The summed E-state index contributed by atoms with van der Waals surface area (Å²) in [5, 5.41) is 0. The van der Waals surface area contributed by atoms with E-state index in [2.05, 4.69) is 6.58 Å². The maximum absolute atomic E-state index is 5.54. The maximum Gasteiger partial charge on any atom is 0.202 e. The molecule has 0 aromatic carbocycles. The third-order valence-electron chi connectivity index (χ3n) is 1.91. The van der Waals surface area contributed by atoms with Crippen molar-refractivity contribution in [3.05, 3.63) is 36.1 Å². The van der Waals surface area contributed by atoms with Crippen molar-refractivity contribution >= 4 is 0 Å². The molecule has 1 unspecified atom stereocenters. The third kappa shape index (κ3) is 2.74. The van der Waals surface area contributed by atoms with E-state index >= 15 is 0 Å². The lowest BCUT2D eigenvalue weighted by Gasteiger charge is -2.27. The van der Waals surface area contributed by atoms with E-state index in [9.17, 15) is 0 Å². The number of allylic oxidation sites excluding steroid dienone is 4. The van der Waals surface area contributed by atoms with E-state index < -0.39 is 0 Å². The van der Waals surface area contributed by atoms with Gasteiger partial charge in [0.05, 0.1) is 6.61 Å². The van der Waals surface area contributed by atoms with Gasteiger partial charge in [0.15, 0.2) is 0 Å². The molecule has 0 saturated carbocycles. The molecule has 2 nitrogen and oxygen atoms in total. The molecule has 1 heterocycles. The van der Waals surface area contributed by atoms with Crippen LogP contribution in [0.4, 0.5) is 0 Å². The largest absolute Gasteiger partial charge is 0.465 e. The molecule has 1 atom stereocenters. The van der Waals surface area contributed by atoms with Crippen molar-refractivity contribution in [3.63, 3.8) is 0 Å². The number of hydrogen-bond acceptors (Lipinski definition) is 2. The monoisotopic (exact) mass is 180 g/mol. The van der Waals surface area contributed by atoms with Crippen LogP contribution in [0, 0.1) is 0 Å². The molecule has 0 radical (unpaired) electrons. The maximum atomic E-state index is 5.54. The van der Waals surface area contributed by atoms with Crippen LogP contribution >= 0.6 is 0 Å². The van der Waals surface area contributed by atoms with Crippen LogP contribution in [0.3, 0.4) is 0 Å². The van der Waals surface area contributed by atoms with Gasteiger partial charge in [-0.05, 0) is 25.5 Å².